The van der Waals surface area contributed by atoms with E-state index in [1.165, 1.54) is 25.3 Å². The Labute approximate surface area is 122 Å². The first kappa shape index (κ1) is 15.3. The predicted octanol–water partition coefficient (Wildman–Crippen LogP) is -0.103. The van der Waals surface area contributed by atoms with E-state index in [9.17, 15) is 14.7 Å². The number of phenols is 1. The first-order chi connectivity index (χ1) is 10.1. The van der Waals surface area contributed by atoms with Crippen molar-refractivity contribution in [3.8, 4) is 5.75 Å². The molecular weight excluding hydrogens is 276 g/mol. The van der Waals surface area contributed by atoms with Crippen LogP contribution in [-0.2, 0) is 9.47 Å². The lowest BCUT2D eigenvalue weighted by Crippen LogP contribution is -2.45. The minimum Gasteiger partial charge on any atom is -0.508 e. The first-order valence-corrected chi connectivity index (χ1v) is 6.63. The molecule has 1 saturated heterocycles. The maximum absolute atomic E-state index is 12.1. The molecule has 0 bridgehead atoms. The van der Waals surface area contributed by atoms with E-state index in [2.05, 4.69) is 15.4 Å². The summed E-state index contributed by atoms with van der Waals surface area (Å²) in [6, 6.07) is 3.92. The molecule has 1 amide bonds. The molecule has 0 radical (unpaired) electrons. The molecule has 1 fully saturated rings. The van der Waals surface area contributed by atoms with Crippen LogP contribution in [0.2, 0.25) is 0 Å². The average Bonchev–Trinajstić information content (AvgIpc) is 2.52. The molecule has 7 nitrogen and oxygen atoms in total. The van der Waals surface area contributed by atoms with Gasteiger partial charge in [-0.3, -0.25) is 4.79 Å². The van der Waals surface area contributed by atoms with Crippen molar-refractivity contribution in [1.29, 1.82) is 0 Å². The number of benzene rings is 1. The Hall–Kier alpha value is -2.12. The molecule has 0 aliphatic carbocycles. The zero-order valence-electron chi connectivity index (χ0n) is 11.7. The molecule has 1 atom stereocenters. The van der Waals surface area contributed by atoms with Gasteiger partial charge in [-0.2, -0.15) is 0 Å². The number of methoxy groups -OCH3 is 1. The number of amides is 1. The number of hydrogen-bond donors (Lipinski definition) is 3. The zero-order chi connectivity index (χ0) is 15.2. The van der Waals surface area contributed by atoms with Crippen LogP contribution in [0.5, 0.6) is 5.75 Å². The van der Waals surface area contributed by atoms with E-state index in [-0.39, 0.29) is 28.9 Å². The van der Waals surface area contributed by atoms with Crippen LogP contribution in [0.3, 0.4) is 0 Å². The van der Waals surface area contributed by atoms with Crippen LogP contribution in [0.25, 0.3) is 0 Å². The number of carbonyl (C=O) groups excluding carboxylic acids is 2. The molecule has 21 heavy (non-hydrogen) atoms. The highest BCUT2D eigenvalue weighted by atomic mass is 16.5. The number of rotatable bonds is 4. The lowest BCUT2D eigenvalue weighted by atomic mass is 10.1. The Morgan fingerprint density at radius 3 is 2.86 bits per heavy atom. The second kappa shape index (κ2) is 7.05. The van der Waals surface area contributed by atoms with Crippen LogP contribution in [0, 0.1) is 0 Å². The van der Waals surface area contributed by atoms with E-state index in [0.717, 1.165) is 6.54 Å². The van der Waals surface area contributed by atoms with Crippen LogP contribution in [0.1, 0.15) is 20.7 Å². The molecule has 1 unspecified atom stereocenters. The van der Waals surface area contributed by atoms with Crippen molar-refractivity contribution in [2.75, 3.05) is 33.4 Å². The second-order valence-corrected chi connectivity index (χ2v) is 4.67. The molecule has 1 aliphatic rings. The summed E-state index contributed by atoms with van der Waals surface area (Å²) in [5, 5.41) is 15.5. The lowest BCUT2D eigenvalue weighted by molar-refractivity contribution is 0.0287. The van der Waals surface area contributed by atoms with Gasteiger partial charge in [-0.15, -0.1) is 0 Å². The SMILES string of the molecule is COC(=O)c1cc(O)cc(C(=O)NCC2CNCCO2)c1. The molecule has 7 heteroatoms. The summed E-state index contributed by atoms with van der Waals surface area (Å²) in [6.07, 6.45) is -0.0833. The van der Waals surface area contributed by atoms with E-state index in [1.54, 1.807) is 0 Å². The molecule has 0 aromatic heterocycles. The van der Waals surface area contributed by atoms with Crippen LogP contribution in [-0.4, -0.2) is 56.4 Å². The third kappa shape index (κ3) is 4.17. The van der Waals surface area contributed by atoms with Gasteiger partial charge in [0.1, 0.15) is 5.75 Å². The van der Waals surface area contributed by atoms with Gasteiger partial charge < -0.3 is 25.2 Å². The van der Waals surface area contributed by atoms with Crippen molar-refractivity contribution in [2.24, 2.45) is 0 Å². The number of phenolic OH excluding ortho intramolecular Hbond substituents is 1. The summed E-state index contributed by atoms with van der Waals surface area (Å²) < 4.78 is 10.0. The largest absolute Gasteiger partial charge is 0.508 e. The third-order valence-corrected chi connectivity index (χ3v) is 3.10. The molecule has 3 N–H and O–H groups in total. The van der Waals surface area contributed by atoms with Gasteiger partial charge in [0.2, 0.25) is 0 Å². The Kier molecular flexibility index (Phi) is 5.13. The van der Waals surface area contributed by atoms with Gasteiger partial charge in [0, 0.05) is 25.2 Å². The number of morpholine rings is 1. The highest BCUT2D eigenvalue weighted by Gasteiger charge is 2.17. The summed E-state index contributed by atoms with van der Waals surface area (Å²) in [4.78, 5) is 23.5. The van der Waals surface area contributed by atoms with Gasteiger partial charge in [-0.25, -0.2) is 4.79 Å². The van der Waals surface area contributed by atoms with Crippen molar-refractivity contribution < 1.29 is 24.2 Å². The van der Waals surface area contributed by atoms with Crippen LogP contribution in [0.4, 0.5) is 0 Å². The molecule has 0 spiro atoms. The number of hydrogen-bond acceptors (Lipinski definition) is 6. The molecule has 0 saturated carbocycles. The summed E-state index contributed by atoms with van der Waals surface area (Å²) in [5.74, 6) is -1.16. The number of ether oxygens (including phenoxy) is 2. The predicted molar refractivity (Wildman–Crippen MR) is 74.4 cm³/mol. The average molecular weight is 294 g/mol. The van der Waals surface area contributed by atoms with Gasteiger partial charge in [0.25, 0.3) is 5.91 Å². The van der Waals surface area contributed by atoms with Gasteiger partial charge >= 0.3 is 5.97 Å². The molecule has 114 valence electrons. The Bertz CT molecular complexity index is 526. The number of aromatic hydroxyl groups is 1. The highest BCUT2D eigenvalue weighted by molar-refractivity contribution is 5.98. The monoisotopic (exact) mass is 294 g/mol. The van der Waals surface area contributed by atoms with E-state index < -0.39 is 5.97 Å². The molecular formula is C14H18N2O5. The summed E-state index contributed by atoms with van der Waals surface area (Å²) in [5.41, 5.74) is 0.317. The van der Waals surface area contributed by atoms with Crippen molar-refractivity contribution in [1.82, 2.24) is 10.6 Å². The molecule has 2 rings (SSSR count). The van der Waals surface area contributed by atoms with Crippen molar-refractivity contribution >= 4 is 11.9 Å². The zero-order valence-corrected chi connectivity index (χ0v) is 11.7. The van der Waals surface area contributed by atoms with E-state index in [1.807, 2.05) is 0 Å². The quantitative estimate of drug-likeness (QED) is 0.671. The van der Waals surface area contributed by atoms with E-state index in [0.29, 0.717) is 19.7 Å². The van der Waals surface area contributed by atoms with Gasteiger partial charge in [0.05, 0.1) is 25.4 Å². The maximum Gasteiger partial charge on any atom is 0.338 e. The van der Waals surface area contributed by atoms with E-state index >= 15 is 0 Å². The van der Waals surface area contributed by atoms with Crippen molar-refractivity contribution in [2.45, 2.75) is 6.10 Å². The first-order valence-electron chi connectivity index (χ1n) is 6.63. The smallest absolute Gasteiger partial charge is 0.338 e. The molecule has 1 aliphatic heterocycles. The van der Waals surface area contributed by atoms with Gasteiger partial charge in [0.15, 0.2) is 0 Å². The van der Waals surface area contributed by atoms with Crippen LogP contribution >= 0.6 is 0 Å². The number of esters is 1. The minimum absolute atomic E-state index is 0.0833. The lowest BCUT2D eigenvalue weighted by Gasteiger charge is -2.23. The topological polar surface area (TPSA) is 96.9 Å². The summed E-state index contributed by atoms with van der Waals surface area (Å²) >= 11 is 0. The molecule has 1 aromatic rings. The number of nitrogens with one attached hydrogen (secondary N) is 2. The third-order valence-electron chi connectivity index (χ3n) is 3.10. The standard InChI is InChI=1S/C14H18N2O5/c1-20-14(19)10-4-9(5-11(17)6-10)13(18)16-8-12-7-15-2-3-21-12/h4-6,12,15,17H,2-3,7-8H2,1H3,(H,16,18). The fourth-order valence-corrected chi connectivity index (χ4v) is 2.04. The maximum atomic E-state index is 12.1. The Morgan fingerprint density at radius 1 is 1.43 bits per heavy atom. The van der Waals surface area contributed by atoms with E-state index in [4.69, 9.17) is 4.74 Å². The fraction of sp³-hybridized carbons (Fsp3) is 0.429. The summed E-state index contributed by atoms with van der Waals surface area (Å²) in [6.45, 7) is 2.45. The fourth-order valence-electron chi connectivity index (χ4n) is 2.04. The molecule has 1 aromatic carbocycles. The van der Waals surface area contributed by atoms with Crippen molar-refractivity contribution in [3.05, 3.63) is 29.3 Å². The van der Waals surface area contributed by atoms with Crippen LogP contribution in [0.15, 0.2) is 18.2 Å². The number of carbonyl (C=O) groups is 2. The summed E-state index contributed by atoms with van der Waals surface area (Å²) in [7, 11) is 1.24. The second-order valence-electron chi connectivity index (χ2n) is 4.67. The Balaban J connectivity index is 2.01. The normalized spacial score (nSPS) is 18.0. The van der Waals surface area contributed by atoms with Crippen LogP contribution < -0.4 is 10.6 Å². The Morgan fingerprint density at radius 2 is 2.19 bits per heavy atom. The van der Waals surface area contributed by atoms with Gasteiger partial charge in [-0.05, 0) is 18.2 Å². The minimum atomic E-state index is -0.611. The van der Waals surface area contributed by atoms with Gasteiger partial charge in [-0.1, -0.05) is 0 Å². The van der Waals surface area contributed by atoms with Crippen molar-refractivity contribution in [3.63, 3.8) is 0 Å². The molecule has 1 heterocycles. The highest BCUT2D eigenvalue weighted by Crippen LogP contribution is 2.16.